The maximum atomic E-state index is 5.72. The van der Waals surface area contributed by atoms with Crippen LogP contribution in [0.5, 0.6) is 5.75 Å². The van der Waals surface area contributed by atoms with Crippen molar-refractivity contribution in [1.82, 2.24) is 9.97 Å². The minimum absolute atomic E-state index is 0.254. The second-order valence-corrected chi connectivity index (χ2v) is 4.63. The van der Waals surface area contributed by atoms with Crippen molar-refractivity contribution in [2.45, 2.75) is 19.9 Å². The predicted molar refractivity (Wildman–Crippen MR) is 85.5 cm³/mol. The molecule has 0 bridgehead atoms. The molecule has 0 saturated carbocycles. The number of aromatic nitrogens is 2. The highest BCUT2D eigenvalue weighted by atomic mass is 16.5. The molecule has 112 valence electrons. The van der Waals surface area contributed by atoms with Gasteiger partial charge in [-0.15, -0.1) is 0 Å². The Bertz CT molecular complexity index is 588. The van der Waals surface area contributed by atoms with Gasteiger partial charge in [-0.25, -0.2) is 0 Å². The molecule has 2 aromatic rings. The highest BCUT2D eigenvalue weighted by molar-refractivity contribution is 5.51. The molecule has 0 amide bonds. The molecule has 6 nitrogen and oxygen atoms in total. The second kappa shape index (κ2) is 7.33. The normalized spacial score (nSPS) is 10.2. The summed E-state index contributed by atoms with van der Waals surface area (Å²) in [5, 5.41) is 6.44. The highest BCUT2D eigenvalue weighted by Crippen LogP contribution is 2.16. The molecule has 0 radical (unpaired) electrons. The standard InChI is InChI=1S/C15H21N5O/c1-3-7-17-13-9-14(20-15(16)19-13)18-10-11-5-4-6-12(8-11)21-2/h4-6,8-9H,3,7,10H2,1-2H3,(H4,16,17,18,19,20). The molecule has 0 saturated heterocycles. The van der Waals surface area contributed by atoms with Crippen LogP contribution in [0.1, 0.15) is 18.9 Å². The minimum Gasteiger partial charge on any atom is -0.497 e. The van der Waals surface area contributed by atoms with E-state index in [4.69, 9.17) is 10.5 Å². The molecule has 0 aliphatic rings. The van der Waals surface area contributed by atoms with Gasteiger partial charge >= 0.3 is 0 Å². The van der Waals surface area contributed by atoms with E-state index in [0.717, 1.165) is 30.1 Å². The van der Waals surface area contributed by atoms with Gasteiger partial charge in [-0.3, -0.25) is 0 Å². The van der Waals surface area contributed by atoms with E-state index in [0.29, 0.717) is 12.4 Å². The van der Waals surface area contributed by atoms with Crippen LogP contribution < -0.4 is 21.1 Å². The van der Waals surface area contributed by atoms with Crippen LogP contribution >= 0.6 is 0 Å². The van der Waals surface area contributed by atoms with Gasteiger partial charge in [0.2, 0.25) is 5.95 Å². The first-order valence-electron chi connectivity index (χ1n) is 6.96. The fraction of sp³-hybridized carbons (Fsp3) is 0.333. The van der Waals surface area contributed by atoms with Crippen LogP contribution in [0, 0.1) is 0 Å². The van der Waals surface area contributed by atoms with E-state index in [-0.39, 0.29) is 5.95 Å². The van der Waals surface area contributed by atoms with E-state index in [1.165, 1.54) is 0 Å². The lowest BCUT2D eigenvalue weighted by Crippen LogP contribution is -2.08. The van der Waals surface area contributed by atoms with E-state index in [2.05, 4.69) is 27.5 Å². The zero-order valence-corrected chi connectivity index (χ0v) is 12.4. The second-order valence-electron chi connectivity index (χ2n) is 4.63. The topological polar surface area (TPSA) is 85.1 Å². The van der Waals surface area contributed by atoms with Crippen molar-refractivity contribution in [3.63, 3.8) is 0 Å². The lowest BCUT2D eigenvalue weighted by atomic mass is 10.2. The van der Waals surface area contributed by atoms with Gasteiger partial charge in [0, 0.05) is 19.2 Å². The fourth-order valence-electron chi connectivity index (χ4n) is 1.88. The van der Waals surface area contributed by atoms with Gasteiger partial charge in [-0.05, 0) is 24.1 Å². The van der Waals surface area contributed by atoms with Gasteiger partial charge in [-0.2, -0.15) is 9.97 Å². The molecule has 0 spiro atoms. The number of hydrogen-bond donors (Lipinski definition) is 3. The summed E-state index contributed by atoms with van der Waals surface area (Å²) >= 11 is 0. The Kier molecular flexibility index (Phi) is 5.20. The lowest BCUT2D eigenvalue weighted by molar-refractivity contribution is 0.414. The number of methoxy groups -OCH3 is 1. The summed E-state index contributed by atoms with van der Waals surface area (Å²) in [4.78, 5) is 8.33. The maximum Gasteiger partial charge on any atom is 0.223 e. The molecule has 0 aliphatic carbocycles. The molecule has 1 aromatic carbocycles. The zero-order valence-electron chi connectivity index (χ0n) is 12.4. The molecule has 0 atom stereocenters. The van der Waals surface area contributed by atoms with Crippen molar-refractivity contribution in [3.8, 4) is 5.75 Å². The summed E-state index contributed by atoms with van der Waals surface area (Å²) in [5.74, 6) is 2.52. The largest absolute Gasteiger partial charge is 0.497 e. The van der Waals surface area contributed by atoms with Crippen LogP contribution in [0.4, 0.5) is 17.6 Å². The number of nitrogen functional groups attached to an aromatic ring is 1. The molecule has 1 heterocycles. The molecule has 1 aromatic heterocycles. The third kappa shape index (κ3) is 4.52. The summed E-state index contributed by atoms with van der Waals surface area (Å²) in [5.41, 5.74) is 6.83. The molecule has 2 rings (SSSR count). The Morgan fingerprint density at radius 2 is 1.90 bits per heavy atom. The van der Waals surface area contributed by atoms with Crippen molar-refractivity contribution in [1.29, 1.82) is 0 Å². The fourth-order valence-corrected chi connectivity index (χ4v) is 1.88. The minimum atomic E-state index is 0.254. The van der Waals surface area contributed by atoms with Crippen LogP contribution in [0.25, 0.3) is 0 Å². The monoisotopic (exact) mass is 287 g/mol. The van der Waals surface area contributed by atoms with Gasteiger partial charge in [0.15, 0.2) is 0 Å². The number of anilines is 3. The van der Waals surface area contributed by atoms with E-state index in [1.54, 1.807) is 7.11 Å². The molecule has 21 heavy (non-hydrogen) atoms. The number of ether oxygens (including phenoxy) is 1. The molecule has 0 aliphatic heterocycles. The van der Waals surface area contributed by atoms with Crippen molar-refractivity contribution >= 4 is 17.6 Å². The SMILES string of the molecule is CCCNc1cc(NCc2cccc(OC)c2)nc(N)n1. The molecule has 0 unspecified atom stereocenters. The third-order valence-corrected chi connectivity index (χ3v) is 2.91. The number of nitrogens with one attached hydrogen (secondary N) is 2. The molecule has 6 heteroatoms. The quantitative estimate of drug-likeness (QED) is 0.725. The van der Waals surface area contributed by atoms with Gasteiger partial charge in [-0.1, -0.05) is 19.1 Å². The van der Waals surface area contributed by atoms with E-state index < -0.39 is 0 Å². The molecular weight excluding hydrogens is 266 g/mol. The van der Waals surface area contributed by atoms with Crippen LogP contribution in [0.15, 0.2) is 30.3 Å². The summed E-state index contributed by atoms with van der Waals surface area (Å²) in [6.45, 7) is 3.59. The Morgan fingerprint density at radius 3 is 2.62 bits per heavy atom. The zero-order chi connectivity index (χ0) is 15.1. The Morgan fingerprint density at radius 1 is 1.14 bits per heavy atom. The van der Waals surface area contributed by atoms with Gasteiger partial charge in [0.25, 0.3) is 0 Å². The maximum absolute atomic E-state index is 5.72. The number of rotatable bonds is 7. The van der Waals surface area contributed by atoms with Crippen molar-refractivity contribution in [3.05, 3.63) is 35.9 Å². The van der Waals surface area contributed by atoms with Crippen LogP contribution in [0.3, 0.4) is 0 Å². The number of nitrogens with two attached hydrogens (primary N) is 1. The number of benzene rings is 1. The number of nitrogens with zero attached hydrogens (tertiary/aromatic N) is 2. The molecule has 4 N–H and O–H groups in total. The Hall–Kier alpha value is -2.50. The van der Waals surface area contributed by atoms with Crippen LogP contribution in [-0.4, -0.2) is 23.6 Å². The van der Waals surface area contributed by atoms with Crippen LogP contribution in [-0.2, 0) is 6.54 Å². The molecule has 0 fully saturated rings. The predicted octanol–water partition coefficient (Wildman–Crippen LogP) is 2.50. The smallest absolute Gasteiger partial charge is 0.223 e. The summed E-state index contributed by atoms with van der Waals surface area (Å²) in [6.07, 6.45) is 1.02. The first kappa shape index (κ1) is 14.9. The third-order valence-electron chi connectivity index (χ3n) is 2.91. The van der Waals surface area contributed by atoms with Gasteiger partial charge < -0.3 is 21.1 Å². The van der Waals surface area contributed by atoms with Gasteiger partial charge in [0.1, 0.15) is 17.4 Å². The van der Waals surface area contributed by atoms with Crippen molar-refractivity contribution in [2.24, 2.45) is 0 Å². The molecular formula is C15H21N5O. The average Bonchev–Trinajstić information content (AvgIpc) is 2.50. The summed E-state index contributed by atoms with van der Waals surface area (Å²) < 4.78 is 5.21. The number of hydrogen-bond acceptors (Lipinski definition) is 6. The lowest BCUT2D eigenvalue weighted by Gasteiger charge is -2.10. The first-order chi connectivity index (χ1) is 10.2. The van der Waals surface area contributed by atoms with Crippen LogP contribution in [0.2, 0.25) is 0 Å². The van der Waals surface area contributed by atoms with Crippen molar-refractivity contribution < 1.29 is 4.74 Å². The first-order valence-corrected chi connectivity index (χ1v) is 6.96. The van der Waals surface area contributed by atoms with E-state index >= 15 is 0 Å². The average molecular weight is 287 g/mol. The van der Waals surface area contributed by atoms with E-state index in [1.807, 2.05) is 30.3 Å². The summed E-state index contributed by atoms with van der Waals surface area (Å²) in [6, 6.07) is 9.73. The highest BCUT2D eigenvalue weighted by Gasteiger charge is 2.02. The van der Waals surface area contributed by atoms with E-state index in [9.17, 15) is 0 Å². The van der Waals surface area contributed by atoms with Gasteiger partial charge in [0.05, 0.1) is 7.11 Å². The summed E-state index contributed by atoms with van der Waals surface area (Å²) in [7, 11) is 1.66. The Balaban J connectivity index is 2.03. The Labute approximate surface area is 124 Å². The van der Waals surface area contributed by atoms with Crippen molar-refractivity contribution in [2.75, 3.05) is 30.0 Å².